The van der Waals surface area contributed by atoms with E-state index in [4.69, 9.17) is 15.4 Å². The topological polar surface area (TPSA) is 286 Å². The number of carbonyl (C=O) groups is 5. The summed E-state index contributed by atoms with van der Waals surface area (Å²) in [5.74, 6) is -2.84. The Morgan fingerprint density at radius 2 is 1.65 bits per heavy atom. The molecule has 20 nitrogen and oxygen atoms in total. The number of primary amides is 1. The minimum absolute atomic E-state index is 0.0187. The number of ether oxygens (including phenoxy) is 1. The van der Waals surface area contributed by atoms with E-state index in [2.05, 4.69) is 35.6 Å². The van der Waals surface area contributed by atoms with E-state index in [0.717, 1.165) is 18.2 Å². The van der Waals surface area contributed by atoms with Crippen molar-refractivity contribution in [2.24, 2.45) is 5.73 Å². The summed E-state index contributed by atoms with van der Waals surface area (Å²) in [6, 6.07) is 20.0. The van der Waals surface area contributed by atoms with Crippen LogP contribution in [0.25, 0.3) is 21.9 Å². The number of aromatic nitrogens is 3. The summed E-state index contributed by atoms with van der Waals surface area (Å²) in [6.45, 7) is -0.660. The number of aliphatic hydroxyl groups is 1. The number of H-pyrrole nitrogens is 1. The molecular weight excluding hydrogens is 803 g/mol. The zero-order chi connectivity index (χ0) is 42.8. The first-order valence-electron chi connectivity index (χ1n) is 18.8. The van der Waals surface area contributed by atoms with Crippen LogP contribution in [0.15, 0.2) is 89.8 Å². The van der Waals surface area contributed by atoms with Crippen molar-refractivity contribution in [1.82, 2.24) is 35.5 Å². The zero-order valence-electron chi connectivity index (χ0n) is 32.2. The molecule has 0 aliphatic heterocycles. The quantitative estimate of drug-likeness (QED) is 0.0704. The van der Waals surface area contributed by atoms with Gasteiger partial charge < -0.3 is 36.0 Å². The fourth-order valence-electron chi connectivity index (χ4n) is 6.44. The third-order valence-electron chi connectivity index (χ3n) is 9.50. The molecule has 0 unspecified atom stereocenters. The summed E-state index contributed by atoms with van der Waals surface area (Å²) in [7, 11) is -3.33. The molecule has 0 radical (unpaired) electrons. The molecule has 3 atom stereocenters. The number of carbonyl (C=O) groups excluding carboxylic acids is 5. The molecule has 60 heavy (non-hydrogen) atoms. The van der Waals surface area contributed by atoms with Gasteiger partial charge in [0.15, 0.2) is 0 Å². The van der Waals surface area contributed by atoms with Crippen LogP contribution in [0.2, 0.25) is 0 Å². The zero-order valence-corrected chi connectivity index (χ0v) is 33.0. The van der Waals surface area contributed by atoms with Crippen molar-refractivity contribution >= 4 is 67.8 Å². The predicted molar refractivity (Wildman–Crippen MR) is 214 cm³/mol. The average Bonchev–Trinajstić information content (AvgIpc) is 3.91. The maximum Gasteiger partial charge on any atom is 0.431 e. The summed E-state index contributed by atoms with van der Waals surface area (Å²) in [5, 5.41) is 19.7. The summed E-state index contributed by atoms with van der Waals surface area (Å²) >= 11 is 0. The van der Waals surface area contributed by atoms with Gasteiger partial charge >= 0.3 is 12.2 Å². The minimum atomic E-state index is -4.50. The number of nitrogens with one attached hydrogen (secondary N) is 5. The summed E-state index contributed by atoms with van der Waals surface area (Å²) in [5.41, 5.74) is 8.95. The number of imidazole rings is 1. The van der Waals surface area contributed by atoms with Crippen LogP contribution in [0.5, 0.6) is 0 Å². The maximum atomic E-state index is 14.2. The number of amides is 5. The lowest BCUT2D eigenvalue weighted by atomic mass is 10.0. The van der Waals surface area contributed by atoms with Gasteiger partial charge in [0.05, 0.1) is 59.8 Å². The van der Waals surface area contributed by atoms with Gasteiger partial charge in [-0.3, -0.25) is 24.5 Å². The van der Waals surface area contributed by atoms with E-state index in [1.165, 1.54) is 31.4 Å². The number of nitrogens with two attached hydrogens (primary N) is 1. The summed E-state index contributed by atoms with van der Waals surface area (Å²) in [4.78, 5) is 85.0. The smallest absolute Gasteiger partial charge is 0.431 e. The van der Waals surface area contributed by atoms with Crippen LogP contribution < -0.4 is 27.2 Å². The fourth-order valence-corrected chi connectivity index (χ4v) is 7.76. The second-order valence-electron chi connectivity index (χ2n) is 13.8. The van der Waals surface area contributed by atoms with Crippen LogP contribution in [-0.2, 0) is 40.4 Å². The maximum absolute atomic E-state index is 14.2. The molecule has 1 saturated carbocycles. The number of hydroxylamine groups is 2. The normalized spacial score (nSPS) is 14.6. The fraction of sp³-hybridized carbons (Fsp3) is 0.308. The highest BCUT2D eigenvalue weighted by atomic mass is 32.2. The highest BCUT2D eigenvalue weighted by Crippen LogP contribution is 2.28. The van der Waals surface area contributed by atoms with Crippen molar-refractivity contribution in [1.29, 1.82) is 0 Å². The molecule has 0 bridgehead atoms. The number of fused-ring (bicyclic) bond motifs is 2. The molecule has 3 aromatic carbocycles. The number of hydrogen-bond donors (Lipinski definition) is 7. The minimum Gasteiger partial charge on any atom is -0.453 e. The van der Waals surface area contributed by atoms with Crippen LogP contribution in [0.3, 0.4) is 0 Å². The van der Waals surface area contributed by atoms with Crippen molar-refractivity contribution in [2.45, 2.75) is 67.7 Å². The number of aromatic amines is 1. The number of aliphatic hydroxyl groups excluding tert-OH is 1. The van der Waals surface area contributed by atoms with Gasteiger partial charge in [-0.2, -0.15) is 5.48 Å². The van der Waals surface area contributed by atoms with Gasteiger partial charge in [-0.1, -0.05) is 71.9 Å². The standard InChI is InChI=1S/C39H43N9O11S/c1-57-38(53)46-37-43-28-18-16-26(20-30(28)44-37)60(55,56)48(59-25-12-6-7-13-25)22-33(49)31(19-23-9-3-2-4-10-23)45-39(54)58-47-36(52)32(21-34(40)50)42-35(51)29-17-15-24-11-5-8-14-27(24)41-29/h2-5,8-11,14-18,20,25,31-33,49H,6-7,12-13,19,21-22H2,1H3,(H2,40,50)(H,42,51)(H,45,54)(H,47,52)(H2,43,44,46,53)/t31-,32-,33+/m0/s1. The SMILES string of the molecule is COC(=O)Nc1nc2cc(S(=O)(=O)N(C[C@@H](O)[C@H](Cc3ccccc3)NC(=O)ONC(=O)[C@H](CC(N)=O)NC(=O)c3ccc4ccccc4n3)OC3CCCC3)ccc2[nH]1. The third kappa shape index (κ3) is 11.1. The van der Waals surface area contributed by atoms with Gasteiger partial charge in [-0.15, -0.1) is 0 Å². The van der Waals surface area contributed by atoms with Crippen LogP contribution in [-0.4, -0.2) is 101 Å². The second kappa shape index (κ2) is 19.4. The van der Waals surface area contributed by atoms with Crippen LogP contribution in [0, 0.1) is 0 Å². The number of rotatable bonds is 16. The summed E-state index contributed by atoms with van der Waals surface area (Å²) < 4.78 is 33.7. The molecule has 5 amide bonds. The van der Waals surface area contributed by atoms with Crippen molar-refractivity contribution in [2.75, 3.05) is 19.0 Å². The van der Waals surface area contributed by atoms with Gasteiger partial charge in [-0.05, 0) is 55.2 Å². The molecule has 1 aliphatic rings. The Kier molecular flexibility index (Phi) is 13.9. The molecular formula is C39H43N9O11S. The Balaban J connectivity index is 1.17. The number of anilines is 1. The van der Waals surface area contributed by atoms with Crippen molar-refractivity contribution < 1.29 is 51.9 Å². The Labute approximate surface area is 343 Å². The first kappa shape index (κ1) is 42.9. The van der Waals surface area contributed by atoms with Gasteiger partial charge in [0.1, 0.15) is 11.7 Å². The average molecular weight is 846 g/mol. The largest absolute Gasteiger partial charge is 0.453 e. The monoisotopic (exact) mass is 845 g/mol. The van der Waals surface area contributed by atoms with Crippen molar-refractivity contribution in [3.63, 3.8) is 0 Å². The first-order valence-corrected chi connectivity index (χ1v) is 20.2. The lowest BCUT2D eigenvalue weighted by Gasteiger charge is -2.30. The summed E-state index contributed by atoms with van der Waals surface area (Å²) in [6.07, 6.45) is -2.13. The van der Waals surface area contributed by atoms with Crippen molar-refractivity contribution in [3.8, 4) is 0 Å². The second-order valence-corrected chi connectivity index (χ2v) is 15.7. The lowest BCUT2D eigenvalue weighted by Crippen LogP contribution is -2.53. The predicted octanol–water partition coefficient (Wildman–Crippen LogP) is 2.56. The van der Waals surface area contributed by atoms with E-state index in [-0.39, 0.29) is 28.5 Å². The van der Waals surface area contributed by atoms with Crippen molar-refractivity contribution in [3.05, 3.63) is 96.2 Å². The van der Waals surface area contributed by atoms with Crippen LogP contribution in [0.4, 0.5) is 15.5 Å². The Morgan fingerprint density at radius 1 is 0.917 bits per heavy atom. The Hall–Kier alpha value is -6.68. The first-order chi connectivity index (χ1) is 28.8. The Bertz CT molecular complexity index is 2460. The van der Waals surface area contributed by atoms with E-state index >= 15 is 0 Å². The molecule has 0 saturated heterocycles. The highest BCUT2D eigenvalue weighted by Gasteiger charge is 2.35. The molecule has 5 aromatic rings. The van der Waals surface area contributed by atoms with Gasteiger partial charge in [-0.25, -0.2) is 28.0 Å². The van der Waals surface area contributed by atoms with E-state index in [1.54, 1.807) is 60.7 Å². The van der Waals surface area contributed by atoms with Crippen LogP contribution in [0.1, 0.15) is 48.2 Å². The number of benzene rings is 3. The number of sulfonamides is 1. The molecule has 2 aromatic heterocycles. The van der Waals surface area contributed by atoms with E-state index in [1.807, 2.05) is 5.48 Å². The van der Waals surface area contributed by atoms with Crippen LogP contribution >= 0.6 is 0 Å². The Morgan fingerprint density at radius 3 is 2.38 bits per heavy atom. The molecule has 316 valence electrons. The molecule has 1 aliphatic carbocycles. The van der Waals surface area contributed by atoms with Gasteiger partial charge in [0, 0.05) is 5.39 Å². The molecule has 0 spiro atoms. The number of hydrogen-bond acceptors (Lipinski definition) is 13. The lowest BCUT2D eigenvalue weighted by molar-refractivity contribution is -0.145. The number of para-hydroxylation sites is 1. The molecule has 6 rings (SSSR count). The van der Waals surface area contributed by atoms with E-state index in [9.17, 15) is 37.5 Å². The van der Waals surface area contributed by atoms with E-state index in [0.29, 0.717) is 33.9 Å². The molecule has 21 heteroatoms. The van der Waals surface area contributed by atoms with Gasteiger partial charge in [0.25, 0.3) is 21.8 Å². The molecule has 8 N–H and O–H groups in total. The van der Waals surface area contributed by atoms with E-state index < -0.39 is 77.2 Å². The number of methoxy groups -OCH3 is 1. The number of pyridine rings is 1. The molecule has 1 fully saturated rings. The van der Waals surface area contributed by atoms with Gasteiger partial charge in [0.2, 0.25) is 11.9 Å². The number of nitrogens with zero attached hydrogens (tertiary/aromatic N) is 3. The highest BCUT2D eigenvalue weighted by molar-refractivity contribution is 7.89. The third-order valence-corrected chi connectivity index (χ3v) is 11.1. The molecule has 2 heterocycles.